The molecule has 0 aliphatic carbocycles. The lowest BCUT2D eigenvalue weighted by Gasteiger charge is -2.23. The van der Waals surface area contributed by atoms with Gasteiger partial charge in [-0.15, -0.1) is 0 Å². The first-order valence-electron chi connectivity index (χ1n) is 9.23. The van der Waals surface area contributed by atoms with Crippen LogP contribution in [-0.2, 0) is 28.9 Å². The van der Waals surface area contributed by atoms with Crippen molar-refractivity contribution >= 4 is 16.0 Å². The fraction of sp³-hybridized carbons (Fsp3) is 0.174. The number of aromatic carboxylic acids is 1. The van der Waals surface area contributed by atoms with E-state index in [4.69, 9.17) is 5.11 Å². The van der Waals surface area contributed by atoms with E-state index in [1.165, 1.54) is 16.4 Å². The molecule has 3 aromatic carbocycles. The van der Waals surface area contributed by atoms with Gasteiger partial charge in [-0.1, -0.05) is 72.3 Å². The maximum Gasteiger partial charge on any atom is 0.335 e. The summed E-state index contributed by atoms with van der Waals surface area (Å²) >= 11 is 0. The Bertz CT molecular complexity index is 1060. The smallest absolute Gasteiger partial charge is 0.335 e. The molecule has 0 spiro atoms. The first-order valence-corrected chi connectivity index (χ1v) is 10.8. The summed E-state index contributed by atoms with van der Waals surface area (Å²) in [6.07, 6.45) is 0. The van der Waals surface area contributed by atoms with Crippen LogP contribution in [0.4, 0.5) is 0 Å². The molecule has 5 nitrogen and oxygen atoms in total. The molecule has 0 aliphatic rings. The summed E-state index contributed by atoms with van der Waals surface area (Å²) in [5.74, 6) is -1.23. The molecule has 0 saturated heterocycles. The second-order valence-corrected chi connectivity index (χ2v) is 8.97. The highest BCUT2D eigenvalue weighted by molar-refractivity contribution is 7.88. The summed E-state index contributed by atoms with van der Waals surface area (Å²) in [4.78, 5) is 11.0. The van der Waals surface area contributed by atoms with Crippen LogP contribution >= 0.6 is 0 Å². The lowest BCUT2D eigenvalue weighted by Crippen LogP contribution is -2.31. The van der Waals surface area contributed by atoms with Gasteiger partial charge in [0.05, 0.1) is 11.3 Å². The minimum atomic E-state index is -3.63. The molecule has 29 heavy (non-hydrogen) atoms. The molecule has 0 saturated carbocycles. The van der Waals surface area contributed by atoms with E-state index in [0.717, 1.165) is 16.7 Å². The monoisotopic (exact) mass is 409 g/mol. The highest BCUT2D eigenvalue weighted by atomic mass is 32.2. The first-order chi connectivity index (χ1) is 13.8. The van der Waals surface area contributed by atoms with Gasteiger partial charge in [-0.25, -0.2) is 13.2 Å². The Hall–Kier alpha value is -2.96. The van der Waals surface area contributed by atoms with Crippen molar-refractivity contribution in [2.45, 2.75) is 25.8 Å². The Morgan fingerprint density at radius 1 is 0.793 bits per heavy atom. The molecule has 6 heteroatoms. The van der Waals surface area contributed by atoms with Gasteiger partial charge in [-0.05, 0) is 35.7 Å². The second kappa shape index (κ2) is 9.03. The molecule has 150 valence electrons. The molecule has 1 N–H and O–H groups in total. The van der Waals surface area contributed by atoms with Gasteiger partial charge in [0, 0.05) is 13.1 Å². The van der Waals surface area contributed by atoms with E-state index >= 15 is 0 Å². The van der Waals surface area contributed by atoms with Gasteiger partial charge in [0.15, 0.2) is 0 Å². The van der Waals surface area contributed by atoms with Crippen molar-refractivity contribution in [3.05, 3.63) is 107 Å². The molecule has 0 aliphatic heterocycles. The van der Waals surface area contributed by atoms with Crippen molar-refractivity contribution in [2.75, 3.05) is 0 Å². The predicted molar refractivity (Wildman–Crippen MR) is 113 cm³/mol. The Labute approximate surface area is 171 Å². The highest BCUT2D eigenvalue weighted by Gasteiger charge is 2.23. The molecule has 0 aromatic heterocycles. The third kappa shape index (κ3) is 5.76. The molecule has 3 aromatic rings. The number of carboxylic acids is 1. The van der Waals surface area contributed by atoms with Crippen molar-refractivity contribution in [1.29, 1.82) is 0 Å². The van der Waals surface area contributed by atoms with Gasteiger partial charge in [0.2, 0.25) is 10.0 Å². The Morgan fingerprint density at radius 2 is 1.31 bits per heavy atom. The molecule has 3 rings (SSSR count). The van der Waals surface area contributed by atoms with Crippen LogP contribution in [0.15, 0.2) is 78.9 Å². The molecular weight excluding hydrogens is 386 g/mol. The van der Waals surface area contributed by atoms with Crippen molar-refractivity contribution in [1.82, 2.24) is 4.31 Å². The van der Waals surface area contributed by atoms with Crippen LogP contribution in [0.2, 0.25) is 0 Å². The van der Waals surface area contributed by atoms with Gasteiger partial charge < -0.3 is 5.11 Å². The Morgan fingerprint density at radius 3 is 1.86 bits per heavy atom. The lowest BCUT2D eigenvalue weighted by molar-refractivity contribution is 0.0697. The fourth-order valence-corrected chi connectivity index (χ4v) is 4.47. The lowest BCUT2D eigenvalue weighted by atomic mass is 10.1. The number of nitrogens with zero attached hydrogens (tertiary/aromatic N) is 1. The van der Waals surface area contributed by atoms with Crippen LogP contribution in [0.25, 0.3) is 0 Å². The maximum atomic E-state index is 13.2. The zero-order valence-electron chi connectivity index (χ0n) is 16.2. The van der Waals surface area contributed by atoms with E-state index in [0.29, 0.717) is 5.56 Å². The Kier molecular flexibility index (Phi) is 6.46. The number of hydrogen-bond acceptors (Lipinski definition) is 3. The third-order valence-electron chi connectivity index (χ3n) is 4.62. The first kappa shape index (κ1) is 20.8. The normalized spacial score (nSPS) is 11.5. The van der Waals surface area contributed by atoms with Crippen LogP contribution < -0.4 is 0 Å². The number of sulfonamides is 1. The third-order valence-corrected chi connectivity index (χ3v) is 6.37. The standard InChI is InChI=1S/C23H23NO4S/c1-18-7-9-20(10-8-18)16-24(15-19-5-3-2-4-6-19)29(27,28)17-21-11-13-22(14-12-21)23(25)26/h2-14H,15-17H2,1H3,(H,25,26). The van der Waals surface area contributed by atoms with E-state index < -0.39 is 16.0 Å². The van der Waals surface area contributed by atoms with Gasteiger partial charge in [0.25, 0.3) is 0 Å². The van der Waals surface area contributed by atoms with Gasteiger partial charge in [-0.3, -0.25) is 0 Å². The number of carbonyl (C=O) groups is 1. The van der Waals surface area contributed by atoms with E-state index in [2.05, 4.69) is 0 Å². The SMILES string of the molecule is Cc1ccc(CN(Cc2ccccc2)S(=O)(=O)Cc2ccc(C(=O)O)cc2)cc1. The molecule has 0 amide bonds. The average molecular weight is 410 g/mol. The summed E-state index contributed by atoms with van der Waals surface area (Å²) in [7, 11) is -3.63. The second-order valence-electron chi connectivity index (χ2n) is 7.00. The maximum absolute atomic E-state index is 13.2. The largest absolute Gasteiger partial charge is 0.478 e. The number of rotatable bonds is 8. The average Bonchev–Trinajstić information content (AvgIpc) is 2.70. The number of benzene rings is 3. The zero-order valence-corrected chi connectivity index (χ0v) is 17.0. The molecule has 0 fully saturated rings. The minimum absolute atomic E-state index is 0.131. The fourth-order valence-electron chi connectivity index (χ4n) is 2.98. The van der Waals surface area contributed by atoms with Gasteiger partial charge in [-0.2, -0.15) is 4.31 Å². The summed E-state index contributed by atoms with van der Waals surface area (Å²) in [5, 5.41) is 9.02. The van der Waals surface area contributed by atoms with Crippen LogP contribution in [0, 0.1) is 6.92 Å². The topological polar surface area (TPSA) is 74.7 Å². The van der Waals surface area contributed by atoms with E-state index in [1.54, 1.807) is 12.1 Å². The van der Waals surface area contributed by atoms with Crippen LogP contribution in [0.1, 0.15) is 32.6 Å². The van der Waals surface area contributed by atoms with Crippen LogP contribution in [-0.4, -0.2) is 23.8 Å². The Balaban J connectivity index is 1.85. The molecule has 0 heterocycles. The van der Waals surface area contributed by atoms with Crippen LogP contribution in [0.3, 0.4) is 0 Å². The molecule has 0 radical (unpaired) electrons. The quantitative estimate of drug-likeness (QED) is 0.604. The van der Waals surface area contributed by atoms with Gasteiger partial charge >= 0.3 is 5.97 Å². The van der Waals surface area contributed by atoms with E-state index in [-0.39, 0.29) is 24.4 Å². The van der Waals surface area contributed by atoms with E-state index in [1.807, 2.05) is 61.5 Å². The number of carboxylic acid groups (broad SMARTS) is 1. The molecule has 0 bridgehead atoms. The molecular formula is C23H23NO4S. The highest BCUT2D eigenvalue weighted by Crippen LogP contribution is 2.19. The minimum Gasteiger partial charge on any atom is -0.478 e. The van der Waals surface area contributed by atoms with Gasteiger partial charge in [0.1, 0.15) is 0 Å². The summed E-state index contributed by atoms with van der Waals surface area (Å²) in [6.45, 7) is 2.53. The van der Waals surface area contributed by atoms with Crippen molar-refractivity contribution in [3.8, 4) is 0 Å². The van der Waals surface area contributed by atoms with Crippen molar-refractivity contribution in [3.63, 3.8) is 0 Å². The summed E-state index contributed by atoms with van der Waals surface area (Å²) < 4.78 is 27.9. The number of aryl methyl sites for hydroxylation is 1. The van der Waals surface area contributed by atoms with E-state index in [9.17, 15) is 13.2 Å². The zero-order chi connectivity index (χ0) is 20.9. The predicted octanol–water partition coefficient (Wildman–Crippen LogP) is 4.23. The van der Waals surface area contributed by atoms with Crippen molar-refractivity contribution in [2.24, 2.45) is 0 Å². The van der Waals surface area contributed by atoms with Crippen LogP contribution in [0.5, 0.6) is 0 Å². The molecule has 0 unspecified atom stereocenters. The van der Waals surface area contributed by atoms with Crippen molar-refractivity contribution < 1.29 is 18.3 Å². The molecule has 0 atom stereocenters. The summed E-state index contributed by atoms with van der Waals surface area (Å²) in [6, 6.07) is 23.2. The summed E-state index contributed by atoms with van der Waals surface area (Å²) in [5.41, 5.74) is 3.62. The number of hydrogen-bond donors (Lipinski definition) is 1.